The lowest BCUT2D eigenvalue weighted by molar-refractivity contribution is -0.386. The number of esters is 1. The van der Waals surface area contributed by atoms with Crippen LogP contribution in [0.2, 0.25) is 0 Å². The van der Waals surface area contributed by atoms with Crippen molar-refractivity contribution >= 4 is 44.7 Å². The van der Waals surface area contributed by atoms with Crippen LogP contribution in [0.25, 0.3) is 22.3 Å². The highest BCUT2D eigenvalue weighted by Crippen LogP contribution is 2.36. The Labute approximate surface area is 262 Å². The molecule has 0 N–H and O–H groups in total. The third-order valence-electron chi connectivity index (χ3n) is 6.76. The van der Waals surface area contributed by atoms with Gasteiger partial charge in [-0.2, -0.15) is 9.78 Å². The number of aromatic nitrogens is 2. The number of carbonyl (C=O) groups excluding carboxylic acids is 1. The van der Waals surface area contributed by atoms with E-state index < -0.39 is 28.2 Å². The molecule has 4 aromatic rings. The molecule has 11 nitrogen and oxygen atoms in total. The van der Waals surface area contributed by atoms with Crippen molar-refractivity contribution in [2.75, 3.05) is 13.2 Å². The lowest BCUT2D eigenvalue weighted by Crippen LogP contribution is -2.27. The van der Waals surface area contributed by atoms with Crippen LogP contribution in [0.3, 0.4) is 0 Å². The molecule has 3 aromatic carbocycles. The molecule has 0 spiro atoms. The molecule has 44 heavy (non-hydrogen) atoms. The topological polar surface area (TPSA) is 135 Å². The van der Waals surface area contributed by atoms with Gasteiger partial charge >= 0.3 is 11.7 Å². The predicted octanol–water partition coefficient (Wildman–Crippen LogP) is 6.78. The van der Waals surface area contributed by atoms with E-state index >= 15 is 0 Å². The first-order chi connectivity index (χ1) is 21.0. The van der Waals surface area contributed by atoms with E-state index in [0.717, 1.165) is 16.9 Å². The first-order valence-corrected chi connectivity index (χ1v) is 14.9. The number of fused-ring (bicyclic) bond motifs is 1. The summed E-state index contributed by atoms with van der Waals surface area (Å²) in [5, 5.41) is 16.8. The molecule has 12 heteroatoms. The molecule has 0 radical (unpaired) electrons. The van der Waals surface area contributed by atoms with Gasteiger partial charge in [0.05, 0.1) is 35.3 Å². The highest BCUT2D eigenvalue weighted by atomic mass is 79.9. The number of aryl methyl sites for hydroxylation is 1. The molecule has 230 valence electrons. The van der Waals surface area contributed by atoms with Crippen LogP contribution in [0.4, 0.5) is 5.69 Å². The fourth-order valence-electron chi connectivity index (χ4n) is 4.64. The van der Waals surface area contributed by atoms with E-state index in [4.69, 9.17) is 19.2 Å². The lowest BCUT2D eigenvalue weighted by Gasteiger charge is -2.18. The largest absolute Gasteiger partial charge is 0.494 e. The molecule has 0 aliphatic carbocycles. The Balaban J connectivity index is 1.97. The average Bonchev–Trinajstić information content (AvgIpc) is 2.97. The number of nitro benzene ring substituents is 1. The fraction of sp³-hybridized carbons (Fsp3) is 0.312. The van der Waals surface area contributed by atoms with Gasteiger partial charge in [-0.05, 0) is 75.1 Å². The third-order valence-corrected chi connectivity index (χ3v) is 7.22. The van der Waals surface area contributed by atoms with Crippen LogP contribution in [0.1, 0.15) is 57.2 Å². The van der Waals surface area contributed by atoms with Gasteiger partial charge in [0, 0.05) is 21.7 Å². The van der Waals surface area contributed by atoms with Crippen molar-refractivity contribution in [2.45, 2.75) is 53.6 Å². The number of carbonyl (C=O) groups is 1. The maximum Gasteiger partial charge on any atom is 0.347 e. The molecule has 0 bridgehead atoms. The number of nitrogens with zero attached hydrogens (tertiary/aromatic N) is 4. The van der Waals surface area contributed by atoms with Crippen molar-refractivity contribution in [3.8, 4) is 22.9 Å². The van der Waals surface area contributed by atoms with Crippen molar-refractivity contribution in [1.29, 1.82) is 0 Å². The summed E-state index contributed by atoms with van der Waals surface area (Å²) in [5.41, 5.74) is 2.23. The summed E-state index contributed by atoms with van der Waals surface area (Å²) < 4.78 is 18.2. The van der Waals surface area contributed by atoms with Crippen molar-refractivity contribution < 1.29 is 23.9 Å². The number of rotatable bonds is 11. The second kappa shape index (κ2) is 13.8. The van der Waals surface area contributed by atoms with E-state index in [-0.39, 0.29) is 29.7 Å². The van der Waals surface area contributed by atoms with Crippen LogP contribution in [-0.4, -0.2) is 46.1 Å². The van der Waals surface area contributed by atoms with E-state index in [1.54, 1.807) is 37.3 Å². The SMILES string of the molecule is CCOC(=O)[C@@H](C)Oc1c(C=Nn2c(-c3cc(C(C)C)c(OCC)cc3C)nc3ccccc3c2=O)cc(Br)cc1[N+](=O)[O-]. The normalized spacial score (nSPS) is 12.1. The Morgan fingerprint density at radius 2 is 1.86 bits per heavy atom. The number of benzene rings is 3. The summed E-state index contributed by atoms with van der Waals surface area (Å²) in [7, 11) is 0. The summed E-state index contributed by atoms with van der Waals surface area (Å²) in [5.74, 6) is 0.255. The smallest absolute Gasteiger partial charge is 0.347 e. The number of nitro groups is 1. The van der Waals surface area contributed by atoms with Gasteiger partial charge in [0.2, 0.25) is 5.75 Å². The van der Waals surface area contributed by atoms with Crippen LogP contribution < -0.4 is 15.0 Å². The molecule has 1 aromatic heterocycles. The van der Waals surface area contributed by atoms with E-state index in [0.29, 0.717) is 27.5 Å². The molecular weight excluding hydrogens is 632 g/mol. The summed E-state index contributed by atoms with van der Waals surface area (Å²) in [6.07, 6.45) is 0.128. The minimum Gasteiger partial charge on any atom is -0.494 e. The maximum absolute atomic E-state index is 13.9. The minimum absolute atomic E-state index is 0.114. The Kier molecular flexibility index (Phi) is 10.1. The number of hydrogen-bond donors (Lipinski definition) is 0. The second-order valence-electron chi connectivity index (χ2n) is 10.2. The lowest BCUT2D eigenvalue weighted by atomic mass is 9.96. The first kappa shape index (κ1) is 32.3. The molecule has 0 aliphatic rings. The molecule has 0 fully saturated rings. The van der Waals surface area contributed by atoms with E-state index in [1.807, 2.05) is 26.0 Å². The van der Waals surface area contributed by atoms with Gasteiger partial charge < -0.3 is 14.2 Å². The zero-order valence-electron chi connectivity index (χ0n) is 25.3. The zero-order valence-corrected chi connectivity index (χ0v) is 26.9. The van der Waals surface area contributed by atoms with Crippen molar-refractivity contribution in [2.24, 2.45) is 5.10 Å². The van der Waals surface area contributed by atoms with E-state index in [2.05, 4.69) is 34.9 Å². The number of hydrogen-bond acceptors (Lipinski definition) is 9. The van der Waals surface area contributed by atoms with Crippen LogP contribution in [0.15, 0.2) is 62.9 Å². The molecule has 0 unspecified atom stereocenters. The number of ether oxygens (including phenoxy) is 3. The molecule has 0 saturated heterocycles. The molecular formula is C32H33BrN4O7. The predicted molar refractivity (Wildman–Crippen MR) is 172 cm³/mol. The van der Waals surface area contributed by atoms with Gasteiger partial charge in [-0.1, -0.05) is 41.9 Å². The summed E-state index contributed by atoms with van der Waals surface area (Å²) in [6, 6.07) is 13.6. The van der Waals surface area contributed by atoms with Gasteiger partial charge in [-0.25, -0.2) is 9.78 Å². The van der Waals surface area contributed by atoms with Crippen LogP contribution >= 0.6 is 15.9 Å². The summed E-state index contributed by atoms with van der Waals surface area (Å²) >= 11 is 3.30. The monoisotopic (exact) mass is 664 g/mol. The highest BCUT2D eigenvalue weighted by Gasteiger charge is 2.26. The van der Waals surface area contributed by atoms with Crippen molar-refractivity contribution in [3.05, 3.63) is 90.2 Å². The second-order valence-corrected chi connectivity index (χ2v) is 11.1. The van der Waals surface area contributed by atoms with Gasteiger partial charge in [-0.3, -0.25) is 14.9 Å². The van der Waals surface area contributed by atoms with Crippen molar-refractivity contribution in [3.63, 3.8) is 0 Å². The van der Waals surface area contributed by atoms with E-state index in [9.17, 15) is 19.7 Å². The van der Waals surface area contributed by atoms with Crippen LogP contribution in [0.5, 0.6) is 11.5 Å². The Hall–Kier alpha value is -4.58. The Morgan fingerprint density at radius 3 is 2.52 bits per heavy atom. The Morgan fingerprint density at radius 1 is 1.14 bits per heavy atom. The van der Waals surface area contributed by atoms with Crippen LogP contribution in [-0.2, 0) is 9.53 Å². The average molecular weight is 666 g/mol. The Bertz CT molecular complexity index is 1820. The highest BCUT2D eigenvalue weighted by molar-refractivity contribution is 9.10. The zero-order chi connectivity index (χ0) is 32.1. The molecule has 0 aliphatic heterocycles. The number of halogens is 1. The van der Waals surface area contributed by atoms with Gasteiger partial charge in [-0.15, -0.1) is 0 Å². The summed E-state index contributed by atoms with van der Waals surface area (Å²) in [6.45, 7) is 11.6. The molecule has 0 amide bonds. The molecule has 0 saturated carbocycles. The summed E-state index contributed by atoms with van der Waals surface area (Å²) in [4.78, 5) is 42.4. The molecule has 4 rings (SSSR count). The van der Waals surface area contributed by atoms with Gasteiger partial charge in [0.1, 0.15) is 5.75 Å². The maximum atomic E-state index is 13.9. The van der Waals surface area contributed by atoms with Gasteiger partial charge in [0.25, 0.3) is 5.56 Å². The molecule has 1 heterocycles. The van der Waals surface area contributed by atoms with Gasteiger partial charge in [0.15, 0.2) is 11.9 Å². The van der Waals surface area contributed by atoms with E-state index in [1.165, 1.54) is 23.9 Å². The minimum atomic E-state index is -1.15. The van der Waals surface area contributed by atoms with Crippen molar-refractivity contribution in [1.82, 2.24) is 9.66 Å². The fourth-order valence-corrected chi connectivity index (χ4v) is 5.10. The third kappa shape index (κ3) is 6.80. The number of para-hydroxylation sites is 1. The van der Waals surface area contributed by atoms with Crippen LogP contribution in [0, 0.1) is 17.0 Å². The quantitative estimate of drug-likeness (QED) is 0.0741. The standard InChI is InChI=1S/C32H33BrN4O7/c1-7-42-28-13-19(5)25(16-24(28)18(3)4)30-35-26-12-10-9-11-23(26)31(38)36(30)34-17-21-14-22(33)15-27(37(40)41)29(21)44-20(6)32(39)43-8-2/h9-18,20H,7-8H2,1-6H3/t20-/m1/s1. The molecule has 1 atom stereocenters. The first-order valence-electron chi connectivity index (χ1n) is 14.1.